The molecule has 0 atom stereocenters. The van der Waals surface area contributed by atoms with Crippen molar-refractivity contribution in [1.29, 1.82) is 0 Å². The molecule has 1 saturated heterocycles. The van der Waals surface area contributed by atoms with Gasteiger partial charge in [0.1, 0.15) is 10.5 Å². The van der Waals surface area contributed by atoms with E-state index in [-0.39, 0.29) is 31.2 Å². The zero-order valence-corrected chi connectivity index (χ0v) is 19.5. The fraction of sp³-hybridized carbons (Fsp3) is 0.333. The van der Waals surface area contributed by atoms with Gasteiger partial charge in [0.15, 0.2) is 5.89 Å². The van der Waals surface area contributed by atoms with Crippen LogP contribution in [-0.4, -0.2) is 43.3 Å². The van der Waals surface area contributed by atoms with Gasteiger partial charge in [0.05, 0.1) is 18.3 Å². The fourth-order valence-electron chi connectivity index (χ4n) is 4.44. The van der Waals surface area contributed by atoms with Gasteiger partial charge in [-0.3, -0.25) is 13.9 Å². The highest BCUT2D eigenvalue weighted by atomic mass is 32.1. The first kappa shape index (κ1) is 22.1. The van der Waals surface area contributed by atoms with Gasteiger partial charge in [-0.15, -0.1) is 11.3 Å². The third-order valence-corrected chi connectivity index (χ3v) is 7.39. The Kier molecular flexibility index (Phi) is 5.82. The van der Waals surface area contributed by atoms with Crippen molar-refractivity contribution in [1.82, 2.24) is 19.0 Å². The lowest BCUT2D eigenvalue weighted by molar-refractivity contribution is 0.124. The van der Waals surface area contributed by atoms with Crippen LogP contribution in [0.4, 0.5) is 4.79 Å². The van der Waals surface area contributed by atoms with Crippen LogP contribution in [-0.2, 0) is 13.0 Å². The molecule has 9 nitrogen and oxygen atoms in total. The molecule has 0 aliphatic carbocycles. The molecule has 0 bridgehead atoms. The van der Waals surface area contributed by atoms with Crippen molar-refractivity contribution in [3.05, 3.63) is 75.1 Å². The molecule has 0 saturated carbocycles. The van der Waals surface area contributed by atoms with Crippen molar-refractivity contribution in [2.75, 3.05) is 13.1 Å². The zero-order chi connectivity index (χ0) is 23.8. The van der Waals surface area contributed by atoms with Crippen molar-refractivity contribution in [3.63, 3.8) is 0 Å². The molecule has 0 radical (unpaired) electrons. The van der Waals surface area contributed by atoms with E-state index in [1.807, 2.05) is 43.3 Å². The lowest BCUT2D eigenvalue weighted by Gasteiger charge is -2.30. The van der Waals surface area contributed by atoms with Gasteiger partial charge < -0.3 is 14.4 Å². The second kappa shape index (κ2) is 8.94. The lowest BCUT2D eigenvalue weighted by atomic mass is 10.1. The fourth-order valence-corrected chi connectivity index (χ4v) is 5.54. The normalized spacial score (nSPS) is 14.7. The molecule has 34 heavy (non-hydrogen) atoms. The predicted molar refractivity (Wildman–Crippen MR) is 129 cm³/mol. The van der Waals surface area contributed by atoms with E-state index in [0.29, 0.717) is 41.1 Å². The molecule has 1 fully saturated rings. The highest BCUT2D eigenvalue weighted by Gasteiger charge is 2.28. The first-order valence-electron chi connectivity index (χ1n) is 11.2. The Hall–Kier alpha value is -3.66. The maximum atomic E-state index is 13.7. The molecule has 3 aromatic heterocycles. The van der Waals surface area contributed by atoms with E-state index >= 15 is 0 Å². The molecule has 10 heteroatoms. The average Bonchev–Trinajstić information content (AvgIpc) is 3.50. The minimum absolute atomic E-state index is 0.154. The average molecular weight is 481 g/mol. The molecule has 1 aliphatic rings. The number of nitrogens with zero attached hydrogens (tertiary/aromatic N) is 4. The highest BCUT2D eigenvalue weighted by molar-refractivity contribution is 7.22. The van der Waals surface area contributed by atoms with Gasteiger partial charge in [-0.2, -0.15) is 0 Å². The number of hydrogen-bond acceptors (Lipinski definition) is 6. The molecule has 1 aromatic carbocycles. The van der Waals surface area contributed by atoms with Crippen LogP contribution in [0.1, 0.15) is 37.5 Å². The van der Waals surface area contributed by atoms with E-state index in [1.165, 1.54) is 20.8 Å². The molecule has 4 heterocycles. The number of aromatic nitrogens is 3. The van der Waals surface area contributed by atoms with E-state index in [9.17, 15) is 19.5 Å². The van der Waals surface area contributed by atoms with Gasteiger partial charge in [0, 0.05) is 30.4 Å². The molecule has 1 amide bonds. The predicted octanol–water partition coefficient (Wildman–Crippen LogP) is 3.81. The third-order valence-electron chi connectivity index (χ3n) is 6.23. The highest BCUT2D eigenvalue weighted by Crippen LogP contribution is 2.32. The smallest absolute Gasteiger partial charge is 0.407 e. The molecule has 1 aliphatic heterocycles. The number of amides is 1. The van der Waals surface area contributed by atoms with Gasteiger partial charge in [-0.25, -0.2) is 14.6 Å². The van der Waals surface area contributed by atoms with Crippen molar-refractivity contribution in [2.24, 2.45) is 0 Å². The second-order valence-corrected chi connectivity index (χ2v) is 9.36. The Bertz CT molecular complexity index is 1460. The number of carbonyl (C=O) groups is 1. The van der Waals surface area contributed by atoms with E-state index < -0.39 is 11.8 Å². The van der Waals surface area contributed by atoms with Crippen LogP contribution in [0.15, 0.2) is 56.6 Å². The molecule has 1 N–H and O–H groups in total. The number of piperidine rings is 1. The molecule has 0 unspecified atom stereocenters. The number of oxazole rings is 1. The summed E-state index contributed by atoms with van der Waals surface area (Å²) in [7, 11) is 0. The van der Waals surface area contributed by atoms with Gasteiger partial charge in [0.25, 0.3) is 5.56 Å². The van der Waals surface area contributed by atoms with Crippen LogP contribution < -0.4 is 11.2 Å². The van der Waals surface area contributed by atoms with Crippen molar-refractivity contribution >= 4 is 27.6 Å². The van der Waals surface area contributed by atoms with E-state index in [1.54, 1.807) is 10.8 Å². The van der Waals surface area contributed by atoms with Crippen LogP contribution in [0.2, 0.25) is 0 Å². The molecular weight excluding hydrogens is 456 g/mol. The van der Waals surface area contributed by atoms with Crippen molar-refractivity contribution in [3.8, 4) is 10.4 Å². The number of aryl methyl sites for hydroxylation is 1. The Morgan fingerprint density at radius 1 is 1.21 bits per heavy atom. The summed E-state index contributed by atoms with van der Waals surface area (Å²) in [4.78, 5) is 45.0. The van der Waals surface area contributed by atoms with Gasteiger partial charge in [0.2, 0.25) is 0 Å². The van der Waals surface area contributed by atoms with Crippen LogP contribution in [0.5, 0.6) is 0 Å². The minimum atomic E-state index is -0.985. The number of hydrogen-bond donors (Lipinski definition) is 1. The van der Waals surface area contributed by atoms with E-state index in [0.717, 1.165) is 10.4 Å². The van der Waals surface area contributed by atoms with Crippen LogP contribution in [0, 0.1) is 0 Å². The number of benzene rings is 1. The molecule has 176 valence electrons. The summed E-state index contributed by atoms with van der Waals surface area (Å²) >= 11 is 1.36. The van der Waals surface area contributed by atoms with Crippen molar-refractivity contribution in [2.45, 2.75) is 38.8 Å². The zero-order valence-electron chi connectivity index (χ0n) is 18.6. The summed E-state index contributed by atoms with van der Waals surface area (Å²) < 4.78 is 9.14. The first-order chi connectivity index (χ1) is 16.5. The monoisotopic (exact) mass is 480 g/mol. The Labute approximate surface area is 198 Å². The van der Waals surface area contributed by atoms with Gasteiger partial charge >= 0.3 is 11.8 Å². The summed E-state index contributed by atoms with van der Waals surface area (Å²) in [5.41, 5.74) is 0.783. The Balaban J connectivity index is 1.65. The molecular formula is C24H24N4O5S. The summed E-state index contributed by atoms with van der Waals surface area (Å²) in [6.45, 7) is 2.66. The first-order valence-corrected chi connectivity index (χ1v) is 12.0. The summed E-state index contributed by atoms with van der Waals surface area (Å²) in [5, 5.41) is 9.26. The molecule has 4 aromatic rings. The van der Waals surface area contributed by atoms with Crippen LogP contribution in [0.25, 0.3) is 20.7 Å². The SMILES string of the molecule is CCc1ncc(Cn2c(=O)n(C3CCN(C(=O)O)CC3)c(=O)c3sc(-c4ccccc4)cc32)o1. The van der Waals surface area contributed by atoms with Gasteiger partial charge in [-0.05, 0) is 24.5 Å². The number of carboxylic acid groups (broad SMARTS) is 1. The van der Waals surface area contributed by atoms with Gasteiger partial charge in [-0.1, -0.05) is 37.3 Å². The topological polar surface area (TPSA) is 111 Å². The largest absolute Gasteiger partial charge is 0.465 e. The summed E-state index contributed by atoms with van der Waals surface area (Å²) in [5.74, 6) is 1.13. The standard InChI is InChI=1S/C24H24N4O5S/c1-2-20-25-13-17(33-20)14-27-18-12-19(15-6-4-3-5-7-15)34-21(18)22(29)28(23(27)30)16-8-10-26(11-9-16)24(31)32/h3-7,12-13,16H,2,8-11,14H2,1H3,(H,31,32). The maximum Gasteiger partial charge on any atom is 0.407 e. The van der Waals surface area contributed by atoms with Crippen LogP contribution >= 0.6 is 11.3 Å². The Morgan fingerprint density at radius 3 is 2.59 bits per heavy atom. The summed E-state index contributed by atoms with van der Waals surface area (Å²) in [6, 6.07) is 11.2. The number of rotatable bonds is 5. The number of fused-ring (bicyclic) bond motifs is 1. The van der Waals surface area contributed by atoms with Crippen molar-refractivity contribution < 1.29 is 14.3 Å². The van der Waals surface area contributed by atoms with E-state index in [2.05, 4.69) is 4.98 Å². The number of thiophene rings is 1. The number of likely N-dealkylation sites (tertiary alicyclic amines) is 1. The van der Waals surface area contributed by atoms with E-state index in [4.69, 9.17) is 4.42 Å². The third kappa shape index (κ3) is 3.94. The van der Waals surface area contributed by atoms with Crippen LogP contribution in [0.3, 0.4) is 0 Å². The quantitative estimate of drug-likeness (QED) is 0.465. The minimum Gasteiger partial charge on any atom is -0.465 e. The molecule has 0 spiro atoms. The summed E-state index contributed by atoms with van der Waals surface area (Å²) in [6.07, 6.45) is 2.09. The Morgan fingerprint density at radius 2 is 1.94 bits per heavy atom. The maximum absolute atomic E-state index is 13.7. The molecule has 5 rings (SSSR count). The second-order valence-electron chi connectivity index (χ2n) is 8.31. The lowest BCUT2D eigenvalue weighted by Crippen LogP contribution is -2.46.